The van der Waals surface area contributed by atoms with Gasteiger partial charge in [0, 0.05) is 21.7 Å². The van der Waals surface area contributed by atoms with Crippen molar-refractivity contribution in [3.05, 3.63) is 99.8 Å². The normalized spacial score (nSPS) is 11.6. The van der Waals surface area contributed by atoms with Crippen LogP contribution in [0.25, 0.3) is 22.6 Å². The van der Waals surface area contributed by atoms with Crippen LogP contribution in [0, 0.1) is 29.1 Å². The topological polar surface area (TPSA) is 50.2 Å². The molecule has 34 heavy (non-hydrogen) atoms. The molecule has 0 aliphatic rings. The quantitative estimate of drug-likeness (QED) is 0.0979. The number of rotatable bonds is 5. The minimum absolute atomic E-state index is 0.148. The molecule has 3 aromatic carbocycles. The van der Waals surface area contributed by atoms with Crippen molar-refractivity contribution >= 4 is 27.5 Å². The summed E-state index contributed by atoms with van der Waals surface area (Å²) in [7, 11) is 0. The minimum Gasteiger partial charge on any atom is -0.261 e. The van der Waals surface area contributed by atoms with Crippen molar-refractivity contribution in [2.24, 2.45) is 5.10 Å². The number of benzene rings is 3. The molecule has 0 aliphatic carbocycles. The summed E-state index contributed by atoms with van der Waals surface area (Å²) in [6, 6.07) is 17.9. The predicted molar refractivity (Wildman–Crippen MR) is 123 cm³/mol. The van der Waals surface area contributed by atoms with Crippen LogP contribution in [0.3, 0.4) is 0 Å². The van der Waals surface area contributed by atoms with E-state index in [2.05, 4.69) is 36.4 Å². The molecule has 4 nitrogen and oxygen atoms in total. The summed E-state index contributed by atoms with van der Waals surface area (Å²) in [4.78, 5) is 8.95. The van der Waals surface area contributed by atoms with Gasteiger partial charge in [-0.25, -0.2) is 31.9 Å². The van der Waals surface area contributed by atoms with Crippen molar-refractivity contribution in [1.29, 1.82) is 0 Å². The van der Waals surface area contributed by atoms with Crippen LogP contribution in [-0.4, -0.2) is 15.7 Å². The Balaban J connectivity index is 1.77. The number of halogens is 6. The lowest BCUT2D eigenvalue weighted by atomic mass is 10.1. The molecule has 0 atom stereocenters. The molecule has 4 rings (SSSR count). The minimum atomic E-state index is -2.23. The molecule has 0 amide bonds. The summed E-state index contributed by atoms with van der Waals surface area (Å²) < 4.78 is 69.6. The molecule has 0 bridgehead atoms. The average molecular weight is 533 g/mol. The molecule has 1 heterocycles. The Kier molecular flexibility index (Phi) is 6.69. The van der Waals surface area contributed by atoms with Gasteiger partial charge in [0.15, 0.2) is 34.9 Å². The molecule has 0 saturated heterocycles. The number of hydrogen-bond donors (Lipinski definition) is 1. The second-order valence-electron chi connectivity index (χ2n) is 7.09. The standard InChI is InChI=1S/C24H14BrF5N4/c1-12(18-19(26)21(28)23(30)22(29)20(18)27)33-34-17-11-16(13-5-3-2-4-6-13)31-24(32-17)14-7-9-15(25)10-8-14/h2-11H,1H3,(H,31,32,34)/b33-12-. The Morgan fingerprint density at radius 2 is 1.35 bits per heavy atom. The first-order valence-electron chi connectivity index (χ1n) is 9.78. The summed E-state index contributed by atoms with van der Waals surface area (Å²) in [5, 5.41) is 3.81. The van der Waals surface area contributed by atoms with Crippen LogP contribution in [0.2, 0.25) is 0 Å². The average Bonchev–Trinajstić information content (AvgIpc) is 2.86. The van der Waals surface area contributed by atoms with Gasteiger partial charge in [0.25, 0.3) is 0 Å². The highest BCUT2D eigenvalue weighted by Gasteiger charge is 2.27. The third-order valence-electron chi connectivity index (χ3n) is 4.81. The molecule has 172 valence electrons. The number of hydrazone groups is 1. The number of anilines is 1. The fourth-order valence-corrected chi connectivity index (χ4v) is 3.37. The molecule has 0 unspecified atom stereocenters. The Hall–Kier alpha value is -3.66. The molecule has 0 spiro atoms. The highest BCUT2D eigenvalue weighted by Crippen LogP contribution is 2.26. The van der Waals surface area contributed by atoms with E-state index in [0.29, 0.717) is 17.1 Å². The third kappa shape index (κ3) is 4.67. The molecule has 0 saturated carbocycles. The Morgan fingerprint density at radius 3 is 1.97 bits per heavy atom. The first-order chi connectivity index (χ1) is 16.3. The summed E-state index contributed by atoms with van der Waals surface area (Å²) in [6.45, 7) is 1.11. The van der Waals surface area contributed by atoms with E-state index in [-0.39, 0.29) is 5.82 Å². The van der Waals surface area contributed by atoms with Gasteiger partial charge in [0.2, 0.25) is 5.82 Å². The second kappa shape index (κ2) is 9.68. The van der Waals surface area contributed by atoms with Crippen LogP contribution in [0.5, 0.6) is 0 Å². The second-order valence-corrected chi connectivity index (χ2v) is 8.00. The van der Waals surface area contributed by atoms with E-state index in [1.54, 1.807) is 18.2 Å². The van der Waals surface area contributed by atoms with Crippen LogP contribution in [-0.2, 0) is 0 Å². The van der Waals surface area contributed by atoms with Gasteiger partial charge in [0.05, 0.1) is 17.0 Å². The van der Waals surface area contributed by atoms with Crippen LogP contribution in [0.15, 0.2) is 70.2 Å². The Labute approximate surface area is 199 Å². The van der Waals surface area contributed by atoms with Crippen molar-refractivity contribution in [3.63, 3.8) is 0 Å². The molecule has 4 aromatic rings. The lowest BCUT2D eigenvalue weighted by molar-refractivity contribution is 0.377. The molecule has 1 N–H and O–H groups in total. The van der Waals surface area contributed by atoms with E-state index in [1.807, 2.05) is 42.5 Å². The fraction of sp³-hybridized carbons (Fsp3) is 0.0417. The Bertz CT molecular complexity index is 1360. The van der Waals surface area contributed by atoms with Crippen LogP contribution in [0.4, 0.5) is 27.8 Å². The maximum absolute atomic E-state index is 14.1. The van der Waals surface area contributed by atoms with E-state index in [1.165, 1.54) is 0 Å². The van der Waals surface area contributed by atoms with Gasteiger partial charge in [-0.2, -0.15) is 5.10 Å². The maximum Gasteiger partial charge on any atom is 0.200 e. The number of nitrogens with zero attached hydrogens (tertiary/aromatic N) is 3. The molecule has 10 heteroatoms. The highest BCUT2D eigenvalue weighted by atomic mass is 79.9. The van der Waals surface area contributed by atoms with Gasteiger partial charge in [-0.05, 0) is 19.1 Å². The first kappa shape index (κ1) is 23.5. The number of aromatic nitrogens is 2. The monoisotopic (exact) mass is 532 g/mol. The summed E-state index contributed by atoms with van der Waals surface area (Å²) in [5.74, 6) is -9.79. The molecular formula is C24H14BrF5N4. The number of nitrogens with one attached hydrogen (secondary N) is 1. The van der Waals surface area contributed by atoms with Gasteiger partial charge in [-0.15, -0.1) is 0 Å². The van der Waals surface area contributed by atoms with Crippen LogP contribution < -0.4 is 5.43 Å². The van der Waals surface area contributed by atoms with E-state index in [0.717, 1.165) is 17.0 Å². The zero-order chi connectivity index (χ0) is 24.4. The van der Waals surface area contributed by atoms with Gasteiger partial charge in [-0.1, -0.05) is 58.4 Å². The van der Waals surface area contributed by atoms with Crippen LogP contribution in [0.1, 0.15) is 12.5 Å². The molecule has 0 aliphatic heterocycles. The van der Waals surface area contributed by atoms with Crippen molar-refractivity contribution in [1.82, 2.24) is 9.97 Å². The van der Waals surface area contributed by atoms with E-state index >= 15 is 0 Å². The largest absolute Gasteiger partial charge is 0.261 e. The summed E-state index contributed by atoms with van der Waals surface area (Å²) in [5.41, 5.74) is 2.93. The molecule has 1 aromatic heterocycles. The molecule has 0 radical (unpaired) electrons. The van der Waals surface area contributed by atoms with Gasteiger partial charge >= 0.3 is 0 Å². The van der Waals surface area contributed by atoms with E-state index in [4.69, 9.17) is 0 Å². The van der Waals surface area contributed by atoms with Gasteiger partial charge in [-0.3, -0.25) is 5.43 Å². The smallest absolute Gasteiger partial charge is 0.200 e. The predicted octanol–water partition coefficient (Wildman–Crippen LogP) is 7.10. The summed E-state index contributed by atoms with van der Waals surface area (Å²) in [6.07, 6.45) is 0. The van der Waals surface area contributed by atoms with Gasteiger partial charge < -0.3 is 0 Å². The zero-order valence-corrected chi connectivity index (χ0v) is 19.0. The van der Waals surface area contributed by atoms with Crippen molar-refractivity contribution in [3.8, 4) is 22.6 Å². The fourth-order valence-electron chi connectivity index (χ4n) is 3.11. The van der Waals surface area contributed by atoms with E-state index < -0.39 is 40.4 Å². The maximum atomic E-state index is 14.1. The number of hydrogen-bond acceptors (Lipinski definition) is 4. The molecular weight excluding hydrogens is 519 g/mol. The van der Waals surface area contributed by atoms with E-state index in [9.17, 15) is 22.0 Å². The first-order valence-corrected chi connectivity index (χ1v) is 10.6. The van der Waals surface area contributed by atoms with Crippen LogP contribution >= 0.6 is 15.9 Å². The summed E-state index contributed by atoms with van der Waals surface area (Å²) >= 11 is 3.36. The Morgan fingerprint density at radius 1 is 0.765 bits per heavy atom. The van der Waals surface area contributed by atoms with Gasteiger partial charge in [0.1, 0.15) is 0 Å². The zero-order valence-electron chi connectivity index (χ0n) is 17.4. The third-order valence-corrected chi connectivity index (χ3v) is 5.34. The lowest BCUT2D eigenvalue weighted by Crippen LogP contribution is -2.12. The van der Waals surface area contributed by atoms with Crippen molar-refractivity contribution < 1.29 is 22.0 Å². The highest BCUT2D eigenvalue weighted by molar-refractivity contribution is 9.10. The SMILES string of the molecule is C/C(=N/Nc1cc(-c2ccccc2)nc(-c2ccc(Br)cc2)n1)c1c(F)c(F)c(F)c(F)c1F. The van der Waals surface area contributed by atoms with Crippen molar-refractivity contribution in [2.75, 3.05) is 5.43 Å². The van der Waals surface area contributed by atoms with Crippen molar-refractivity contribution in [2.45, 2.75) is 6.92 Å². The molecule has 0 fully saturated rings. The lowest BCUT2D eigenvalue weighted by Gasteiger charge is -2.10.